The Labute approximate surface area is 98.8 Å². The molecule has 90 valence electrons. The summed E-state index contributed by atoms with van der Waals surface area (Å²) in [4.78, 5) is 0. The topological polar surface area (TPSA) is 54.4 Å². The zero-order chi connectivity index (χ0) is 12.6. The molecule has 16 heavy (non-hydrogen) atoms. The average molecular weight is 267 g/mol. The minimum Gasteiger partial charge on any atom is -0.385 e. The number of rotatable bonds is 3. The van der Waals surface area contributed by atoms with Gasteiger partial charge in [-0.3, -0.25) is 0 Å². The normalized spacial score (nSPS) is 17.8. The highest BCUT2D eigenvalue weighted by Gasteiger charge is 2.41. The zero-order valence-corrected chi connectivity index (χ0v) is 10.4. The standard InChI is InChI=1S/C10H12ClFO3S/c1-10(11,16(2,14)15)9(13)7-4-3-5-8(12)6-7/h3-6,9,13H,1-2H3/t9-,10-/m0/s1. The van der Waals surface area contributed by atoms with Gasteiger partial charge in [-0.15, -0.1) is 0 Å². The second kappa shape index (κ2) is 4.31. The summed E-state index contributed by atoms with van der Waals surface area (Å²) in [5, 5.41) is 9.83. The van der Waals surface area contributed by atoms with E-state index in [0.29, 0.717) is 0 Å². The van der Waals surface area contributed by atoms with Gasteiger partial charge in [-0.25, -0.2) is 12.8 Å². The Morgan fingerprint density at radius 3 is 2.50 bits per heavy atom. The highest BCUT2D eigenvalue weighted by Crippen LogP contribution is 2.36. The summed E-state index contributed by atoms with van der Waals surface area (Å²) in [6.07, 6.45) is -0.567. The molecule has 0 aliphatic rings. The van der Waals surface area contributed by atoms with Crippen LogP contribution >= 0.6 is 11.6 Å². The Morgan fingerprint density at radius 1 is 1.50 bits per heavy atom. The molecule has 0 amide bonds. The lowest BCUT2D eigenvalue weighted by Crippen LogP contribution is -2.35. The van der Waals surface area contributed by atoms with Crippen LogP contribution in [0.1, 0.15) is 18.6 Å². The summed E-state index contributed by atoms with van der Waals surface area (Å²) < 4.78 is 33.8. The first-order valence-electron chi connectivity index (χ1n) is 4.48. The van der Waals surface area contributed by atoms with Crippen molar-refractivity contribution in [1.29, 1.82) is 0 Å². The van der Waals surface area contributed by atoms with Crippen molar-refractivity contribution in [3.63, 3.8) is 0 Å². The van der Waals surface area contributed by atoms with Gasteiger partial charge in [0.1, 0.15) is 11.9 Å². The maximum atomic E-state index is 12.9. The van der Waals surface area contributed by atoms with Crippen molar-refractivity contribution in [2.75, 3.05) is 6.26 Å². The predicted octanol–water partition coefficient (Wildman–Crippen LogP) is 1.86. The molecule has 1 N–H and O–H groups in total. The van der Waals surface area contributed by atoms with Crippen molar-refractivity contribution in [2.24, 2.45) is 0 Å². The van der Waals surface area contributed by atoms with E-state index in [1.54, 1.807) is 0 Å². The van der Waals surface area contributed by atoms with Crippen LogP contribution in [0.3, 0.4) is 0 Å². The van der Waals surface area contributed by atoms with Gasteiger partial charge in [0.15, 0.2) is 14.0 Å². The summed E-state index contributed by atoms with van der Waals surface area (Å²) >= 11 is 5.79. The molecule has 0 fully saturated rings. The largest absolute Gasteiger partial charge is 0.385 e. The molecule has 1 aromatic carbocycles. The maximum absolute atomic E-state index is 12.9. The fourth-order valence-corrected chi connectivity index (χ4v) is 1.84. The van der Waals surface area contributed by atoms with Gasteiger partial charge in [0, 0.05) is 6.26 Å². The van der Waals surface area contributed by atoms with Crippen molar-refractivity contribution in [2.45, 2.75) is 17.2 Å². The Bertz CT molecular complexity index is 485. The number of aliphatic hydroxyl groups is 1. The van der Waals surface area contributed by atoms with Crippen LogP contribution in [0.2, 0.25) is 0 Å². The lowest BCUT2D eigenvalue weighted by Gasteiger charge is -2.26. The molecule has 1 rings (SSSR count). The average Bonchev–Trinajstić information content (AvgIpc) is 2.14. The molecule has 1 aromatic rings. The quantitative estimate of drug-likeness (QED) is 0.850. The lowest BCUT2D eigenvalue weighted by atomic mass is 10.1. The molecule has 0 saturated carbocycles. The number of hydrogen-bond donors (Lipinski definition) is 1. The van der Waals surface area contributed by atoms with Gasteiger partial charge in [-0.2, -0.15) is 0 Å². The van der Waals surface area contributed by atoms with Gasteiger partial charge < -0.3 is 5.11 Å². The fraction of sp³-hybridized carbons (Fsp3) is 0.400. The van der Waals surface area contributed by atoms with Gasteiger partial charge >= 0.3 is 0 Å². The van der Waals surface area contributed by atoms with Crippen molar-refractivity contribution >= 4 is 21.4 Å². The molecular weight excluding hydrogens is 255 g/mol. The fourth-order valence-electron chi connectivity index (χ4n) is 1.18. The molecule has 0 saturated heterocycles. The van der Waals surface area contributed by atoms with Crippen molar-refractivity contribution in [1.82, 2.24) is 0 Å². The van der Waals surface area contributed by atoms with E-state index in [-0.39, 0.29) is 5.56 Å². The van der Waals surface area contributed by atoms with Crippen LogP contribution in [0.25, 0.3) is 0 Å². The first kappa shape index (κ1) is 13.4. The summed E-state index contributed by atoms with van der Waals surface area (Å²) in [6.45, 7) is 1.18. The molecule has 0 aliphatic carbocycles. The van der Waals surface area contributed by atoms with E-state index in [4.69, 9.17) is 11.6 Å². The van der Waals surface area contributed by atoms with E-state index in [1.807, 2.05) is 0 Å². The predicted molar refractivity (Wildman–Crippen MR) is 60.5 cm³/mol. The maximum Gasteiger partial charge on any atom is 0.172 e. The van der Waals surface area contributed by atoms with Crippen molar-refractivity contribution < 1.29 is 17.9 Å². The van der Waals surface area contributed by atoms with Crippen LogP contribution in [0.4, 0.5) is 4.39 Å². The highest BCUT2D eigenvalue weighted by molar-refractivity contribution is 7.93. The van der Waals surface area contributed by atoms with Crippen LogP contribution in [-0.4, -0.2) is 24.0 Å². The second-order valence-electron chi connectivity index (χ2n) is 3.72. The number of hydrogen-bond acceptors (Lipinski definition) is 3. The Morgan fingerprint density at radius 2 is 2.06 bits per heavy atom. The summed E-state index contributed by atoms with van der Waals surface area (Å²) in [5.41, 5.74) is 0.128. The molecule has 0 bridgehead atoms. The number of halogens is 2. The molecular formula is C10H12ClFO3S. The van der Waals surface area contributed by atoms with E-state index in [0.717, 1.165) is 12.3 Å². The molecule has 0 unspecified atom stereocenters. The SMILES string of the molecule is C[C@@](Cl)([C@@H](O)c1cccc(F)c1)S(C)(=O)=O. The first-order valence-corrected chi connectivity index (χ1v) is 6.75. The van der Waals surface area contributed by atoms with E-state index < -0.39 is 26.0 Å². The first-order chi connectivity index (χ1) is 7.16. The summed E-state index contributed by atoms with van der Waals surface area (Å²) in [7, 11) is -3.67. The Hall–Kier alpha value is -0.650. The lowest BCUT2D eigenvalue weighted by molar-refractivity contribution is 0.162. The van der Waals surface area contributed by atoms with Crippen molar-refractivity contribution in [3.05, 3.63) is 35.6 Å². The third-order valence-electron chi connectivity index (χ3n) is 2.38. The Kier molecular flexibility index (Phi) is 3.62. The molecule has 3 nitrogen and oxygen atoms in total. The van der Waals surface area contributed by atoms with Crippen molar-refractivity contribution in [3.8, 4) is 0 Å². The minimum absolute atomic E-state index is 0.128. The molecule has 2 atom stereocenters. The third kappa shape index (κ3) is 2.53. The number of aliphatic hydroxyl groups excluding tert-OH is 1. The van der Waals surface area contributed by atoms with Crippen LogP contribution in [0.15, 0.2) is 24.3 Å². The monoisotopic (exact) mass is 266 g/mol. The van der Waals surface area contributed by atoms with E-state index in [9.17, 15) is 17.9 Å². The van der Waals surface area contributed by atoms with Gasteiger partial charge in [0.2, 0.25) is 0 Å². The van der Waals surface area contributed by atoms with Gasteiger partial charge in [-0.1, -0.05) is 23.7 Å². The molecule has 0 aliphatic heterocycles. The van der Waals surface area contributed by atoms with Gasteiger partial charge in [0.25, 0.3) is 0 Å². The van der Waals surface area contributed by atoms with Gasteiger partial charge in [0.05, 0.1) is 0 Å². The summed E-state index contributed by atoms with van der Waals surface area (Å²) in [6, 6.07) is 5.04. The van der Waals surface area contributed by atoms with Gasteiger partial charge in [-0.05, 0) is 24.6 Å². The summed E-state index contributed by atoms with van der Waals surface area (Å²) in [5.74, 6) is -0.558. The van der Waals surface area contributed by atoms with Crippen LogP contribution in [0.5, 0.6) is 0 Å². The zero-order valence-electron chi connectivity index (χ0n) is 8.81. The van der Waals surface area contributed by atoms with Crippen LogP contribution in [0, 0.1) is 5.82 Å². The highest BCUT2D eigenvalue weighted by atomic mass is 35.5. The number of benzene rings is 1. The van der Waals surface area contributed by atoms with E-state index >= 15 is 0 Å². The van der Waals surface area contributed by atoms with Crippen LogP contribution < -0.4 is 0 Å². The second-order valence-corrected chi connectivity index (χ2v) is 7.12. The molecule has 0 heterocycles. The third-order valence-corrected chi connectivity index (χ3v) is 5.10. The Balaban J connectivity index is 3.17. The minimum atomic E-state index is -3.67. The van der Waals surface area contributed by atoms with Crippen LogP contribution in [-0.2, 0) is 9.84 Å². The molecule has 0 radical (unpaired) electrons. The van der Waals surface area contributed by atoms with E-state index in [2.05, 4.69) is 0 Å². The molecule has 0 aromatic heterocycles. The molecule has 0 spiro atoms. The number of sulfone groups is 1. The van der Waals surface area contributed by atoms with E-state index in [1.165, 1.54) is 25.1 Å². The number of alkyl halides is 1. The smallest absolute Gasteiger partial charge is 0.172 e. The molecule has 6 heteroatoms.